The van der Waals surface area contributed by atoms with E-state index in [0.717, 1.165) is 48.1 Å². The lowest BCUT2D eigenvalue weighted by Gasteiger charge is -2.35. The largest absolute Gasteiger partial charge is 0.356 e. The van der Waals surface area contributed by atoms with E-state index in [1.54, 1.807) is 12.4 Å². The standard InChI is InChI=1S/C23H28Cl2N4O2S/c1-29(23-19-10-11-26-22(19)27-15-28-23)18-7-4-17(5-8-18)14-32(30,31)12-2-3-16-6-9-20(24)21(25)13-16/h6,9-11,13,15,17-18H,2-5,7-8,12,14H2,1H3,(H,26,27,28). The maximum Gasteiger partial charge on any atom is 0.150 e. The van der Waals surface area contributed by atoms with Gasteiger partial charge in [0.2, 0.25) is 0 Å². The van der Waals surface area contributed by atoms with Gasteiger partial charge in [-0.2, -0.15) is 0 Å². The predicted molar refractivity (Wildman–Crippen MR) is 131 cm³/mol. The summed E-state index contributed by atoms with van der Waals surface area (Å²) in [4.78, 5) is 14.1. The molecule has 0 aliphatic heterocycles. The lowest BCUT2D eigenvalue weighted by Crippen LogP contribution is -2.37. The van der Waals surface area contributed by atoms with Crippen molar-refractivity contribution in [1.29, 1.82) is 0 Å². The van der Waals surface area contributed by atoms with Crippen molar-refractivity contribution in [2.24, 2.45) is 5.92 Å². The first-order valence-electron chi connectivity index (χ1n) is 11.0. The molecule has 0 bridgehead atoms. The SMILES string of the molecule is CN(c1ncnc2[nH]ccc12)C1CCC(CS(=O)(=O)CCCc2ccc(Cl)c(Cl)c2)CC1. The summed E-state index contributed by atoms with van der Waals surface area (Å²) in [5.74, 6) is 1.64. The molecule has 0 radical (unpaired) electrons. The summed E-state index contributed by atoms with van der Waals surface area (Å²) in [5.41, 5.74) is 1.85. The van der Waals surface area contributed by atoms with E-state index in [2.05, 4.69) is 26.9 Å². The van der Waals surface area contributed by atoms with Gasteiger partial charge in [-0.15, -0.1) is 0 Å². The number of anilines is 1. The van der Waals surface area contributed by atoms with E-state index in [9.17, 15) is 8.42 Å². The second-order valence-electron chi connectivity index (χ2n) is 8.69. The fourth-order valence-corrected chi connectivity index (χ4v) is 6.77. The van der Waals surface area contributed by atoms with Crippen molar-refractivity contribution in [1.82, 2.24) is 15.0 Å². The molecule has 3 aromatic rings. The quantitative estimate of drug-likeness (QED) is 0.459. The summed E-state index contributed by atoms with van der Waals surface area (Å²) in [5, 5.41) is 2.04. The zero-order chi connectivity index (χ0) is 22.7. The number of aryl methyl sites for hydroxylation is 1. The van der Waals surface area contributed by atoms with E-state index >= 15 is 0 Å². The monoisotopic (exact) mass is 494 g/mol. The smallest absolute Gasteiger partial charge is 0.150 e. The Labute approximate surface area is 199 Å². The first-order chi connectivity index (χ1) is 15.3. The minimum Gasteiger partial charge on any atom is -0.356 e. The number of aromatic nitrogens is 3. The fourth-order valence-electron chi connectivity index (χ4n) is 4.65. The Bertz CT molecular complexity index is 1170. The van der Waals surface area contributed by atoms with Gasteiger partial charge < -0.3 is 9.88 Å². The molecule has 0 amide bonds. The molecule has 172 valence electrons. The van der Waals surface area contributed by atoms with E-state index in [4.69, 9.17) is 23.2 Å². The second kappa shape index (κ2) is 9.98. The predicted octanol–water partition coefficient (Wildman–Crippen LogP) is 5.31. The molecular formula is C23H28Cl2N4O2S. The normalized spacial score (nSPS) is 19.3. The Kier molecular flexibility index (Phi) is 7.27. The van der Waals surface area contributed by atoms with Crippen molar-refractivity contribution in [2.45, 2.75) is 44.6 Å². The van der Waals surface area contributed by atoms with Gasteiger partial charge in [-0.25, -0.2) is 18.4 Å². The summed E-state index contributed by atoms with van der Waals surface area (Å²) in [6.45, 7) is 0. The number of nitrogens with zero attached hydrogens (tertiary/aromatic N) is 3. The van der Waals surface area contributed by atoms with Gasteiger partial charge in [0.05, 0.1) is 26.9 Å². The number of hydrogen-bond donors (Lipinski definition) is 1. The van der Waals surface area contributed by atoms with Crippen LogP contribution < -0.4 is 4.90 Å². The van der Waals surface area contributed by atoms with Crippen LogP contribution in [0.5, 0.6) is 0 Å². The Balaban J connectivity index is 1.26. The lowest BCUT2D eigenvalue weighted by atomic mass is 9.86. The van der Waals surface area contributed by atoms with Crippen molar-refractivity contribution < 1.29 is 8.42 Å². The average Bonchev–Trinajstić information content (AvgIpc) is 3.25. The summed E-state index contributed by atoms with van der Waals surface area (Å²) in [7, 11) is -1.01. The van der Waals surface area contributed by atoms with Crippen LogP contribution in [0.25, 0.3) is 11.0 Å². The molecule has 4 rings (SSSR count). The number of halogens is 2. The second-order valence-corrected chi connectivity index (χ2v) is 11.7. The number of nitrogens with one attached hydrogen (secondary N) is 1. The highest BCUT2D eigenvalue weighted by molar-refractivity contribution is 7.91. The highest BCUT2D eigenvalue weighted by Crippen LogP contribution is 2.32. The van der Waals surface area contributed by atoms with Crippen LogP contribution in [0.4, 0.5) is 5.82 Å². The summed E-state index contributed by atoms with van der Waals surface area (Å²) >= 11 is 12.0. The number of rotatable bonds is 8. The molecule has 0 atom stereocenters. The molecule has 9 heteroatoms. The molecule has 6 nitrogen and oxygen atoms in total. The molecule has 2 aromatic heterocycles. The molecule has 0 saturated heterocycles. The van der Waals surface area contributed by atoms with E-state index in [1.807, 2.05) is 24.4 Å². The molecular weight excluding hydrogens is 467 g/mol. The summed E-state index contributed by atoms with van der Waals surface area (Å²) in [6.07, 6.45) is 8.51. The molecule has 1 aliphatic rings. The zero-order valence-corrected chi connectivity index (χ0v) is 20.4. The number of benzene rings is 1. The number of fused-ring (bicyclic) bond motifs is 1. The van der Waals surface area contributed by atoms with E-state index in [-0.39, 0.29) is 17.4 Å². The van der Waals surface area contributed by atoms with E-state index in [1.165, 1.54) is 0 Å². The minimum absolute atomic E-state index is 0.208. The van der Waals surface area contributed by atoms with Crippen molar-refractivity contribution in [3.8, 4) is 0 Å². The molecule has 1 aliphatic carbocycles. The lowest BCUT2D eigenvalue weighted by molar-refractivity contribution is 0.340. The first kappa shape index (κ1) is 23.3. The summed E-state index contributed by atoms with van der Waals surface area (Å²) < 4.78 is 25.4. The molecule has 1 fully saturated rings. The third-order valence-corrected chi connectivity index (χ3v) is 9.05. The van der Waals surface area contributed by atoms with Gasteiger partial charge in [-0.3, -0.25) is 0 Å². The fraction of sp³-hybridized carbons (Fsp3) is 0.478. The third-order valence-electron chi connectivity index (χ3n) is 6.43. The molecule has 2 heterocycles. The molecule has 1 saturated carbocycles. The van der Waals surface area contributed by atoms with Crippen LogP contribution in [0.2, 0.25) is 10.0 Å². The van der Waals surface area contributed by atoms with Crippen molar-refractivity contribution >= 4 is 49.9 Å². The third kappa shape index (κ3) is 5.56. The van der Waals surface area contributed by atoms with Crippen molar-refractivity contribution in [3.05, 3.63) is 52.4 Å². The van der Waals surface area contributed by atoms with Gasteiger partial charge in [-0.05, 0) is 68.2 Å². The maximum absolute atomic E-state index is 12.7. The van der Waals surface area contributed by atoms with Gasteiger partial charge in [0.15, 0.2) is 9.84 Å². The van der Waals surface area contributed by atoms with Crippen LogP contribution in [0.15, 0.2) is 36.8 Å². The molecule has 1 aromatic carbocycles. The molecule has 32 heavy (non-hydrogen) atoms. The van der Waals surface area contributed by atoms with Crippen LogP contribution in [0, 0.1) is 5.92 Å². The van der Waals surface area contributed by atoms with E-state index < -0.39 is 9.84 Å². The van der Waals surface area contributed by atoms with Gasteiger partial charge in [0, 0.05) is 19.3 Å². The highest BCUT2D eigenvalue weighted by atomic mass is 35.5. The summed E-state index contributed by atoms with van der Waals surface area (Å²) in [6, 6.07) is 7.82. The van der Waals surface area contributed by atoms with Gasteiger partial charge >= 0.3 is 0 Å². The Morgan fingerprint density at radius 2 is 1.88 bits per heavy atom. The van der Waals surface area contributed by atoms with Gasteiger partial charge in [-0.1, -0.05) is 29.3 Å². The van der Waals surface area contributed by atoms with Gasteiger partial charge in [0.25, 0.3) is 0 Å². The van der Waals surface area contributed by atoms with Crippen molar-refractivity contribution in [3.63, 3.8) is 0 Å². The van der Waals surface area contributed by atoms with Crippen LogP contribution in [0.1, 0.15) is 37.7 Å². The number of aromatic amines is 1. The van der Waals surface area contributed by atoms with Gasteiger partial charge in [0.1, 0.15) is 17.8 Å². The van der Waals surface area contributed by atoms with E-state index in [0.29, 0.717) is 28.9 Å². The Hall–Kier alpha value is -1.83. The zero-order valence-electron chi connectivity index (χ0n) is 18.1. The minimum atomic E-state index is -3.08. The maximum atomic E-state index is 12.7. The van der Waals surface area contributed by atoms with Crippen LogP contribution in [-0.4, -0.2) is 48.0 Å². The van der Waals surface area contributed by atoms with Crippen LogP contribution >= 0.6 is 23.2 Å². The molecule has 0 unspecified atom stereocenters. The molecule has 0 spiro atoms. The van der Waals surface area contributed by atoms with Crippen LogP contribution in [-0.2, 0) is 16.3 Å². The first-order valence-corrected chi connectivity index (χ1v) is 13.6. The van der Waals surface area contributed by atoms with Crippen molar-refractivity contribution in [2.75, 3.05) is 23.5 Å². The highest BCUT2D eigenvalue weighted by Gasteiger charge is 2.28. The number of H-pyrrole nitrogens is 1. The Morgan fingerprint density at radius 1 is 1.09 bits per heavy atom. The Morgan fingerprint density at radius 3 is 2.62 bits per heavy atom. The number of hydrogen-bond acceptors (Lipinski definition) is 5. The average molecular weight is 495 g/mol. The molecule has 1 N–H and O–H groups in total. The number of sulfone groups is 1. The topological polar surface area (TPSA) is 79.0 Å². The van der Waals surface area contributed by atoms with Crippen LogP contribution in [0.3, 0.4) is 0 Å².